The fourth-order valence-corrected chi connectivity index (χ4v) is 5.34. The van der Waals surface area contributed by atoms with Crippen molar-refractivity contribution in [3.05, 3.63) is 54.2 Å². The van der Waals surface area contributed by atoms with Crippen LogP contribution in [0.3, 0.4) is 0 Å². The maximum absolute atomic E-state index is 13.2. The Balaban J connectivity index is 1.46. The van der Waals surface area contributed by atoms with Crippen molar-refractivity contribution in [1.29, 1.82) is 0 Å². The van der Waals surface area contributed by atoms with Crippen LogP contribution in [0.4, 0.5) is 0 Å². The zero-order valence-corrected chi connectivity index (χ0v) is 24.0. The number of pyridine rings is 1. The Labute approximate surface area is 249 Å². The van der Waals surface area contributed by atoms with Gasteiger partial charge in [-0.3, -0.25) is 43.8 Å². The molecule has 13 nitrogen and oxygen atoms in total. The number of para-hydroxylation sites is 1. The summed E-state index contributed by atoms with van der Waals surface area (Å²) < 4.78 is 0. The molecule has 1 aliphatic rings. The number of fused-ring (bicyclic) bond motifs is 3. The van der Waals surface area contributed by atoms with Crippen LogP contribution in [0.25, 0.3) is 21.7 Å². The number of carbonyl (C=O) groups excluding carboxylic acids is 1. The number of benzene rings is 2. The Morgan fingerprint density at radius 3 is 1.44 bits per heavy atom. The van der Waals surface area contributed by atoms with Crippen LogP contribution >= 0.6 is 0 Å². The number of nitrogens with one attached hydrogen (secondary N) is 1. The van der Waals surface area contributed by atoms with Gasteiger partial charge in [0, 0.05) is 63.1 Å². The summed E-state index contributed by atoms with van der Waals surface area (Å²) in [5.74, 6) is -3.23. The molecule has 1 aromatic heterocycles. The zero-order chi connectivity index (χ0) is 30.8. The van der Waals surface area contributed by atoms with Gasteiger partial charge in [0.25, 0.3) is 0 Å². The van der Waals surface area contributed by atoms with Crippen molar-refractivity contribution in [3.8, 4) is 0 Å². The number of aromatic nitrogens is 1. The average molecular weight is 595 g/mol. The van der Waals surface area contributed by atoms with Crippen molar-refractivity contribution in [2.24, 2.45) is 0 Å². The van der Waals surface area contributed by atoms with E-state index in [2.05, 4.69) is 5.32 Å². The van der Waals surface area contributed by atoms with E-state index in [9.17, 15) is 34.5 Å². The summed E-state index contributed by atoms with van der Waals surface area (Å²) >= 11 is 0. The number of aliphatic carboxylic acids is 3. The summed E-state index contributed by atoms with van der Waals surface area (Å²) in [5, 5.41) is 34.2. The zero-order valence-electron chi connectivity index (χ0n) is 24.0. The highest BCUT2D eigenvalue weighted by atomic mass is 16.4. The first-order valence-electron chi connectivity index (χ1n) is 14.3. The molecular weight excluding hydrogens is 556 g/mol. The Hall–Kier alpha value is -4.17. The van der Waals surface area contributed by atoms with Crippen LogP contribution in [0.1, 0.15) is 5.69 Å². The third kappa shape index (κ3) is 9.68. The third-order valence-corrected chi connectivity index (χ3v) is 7.51. The van der Waals surface area contributed by atoms with Crippen LogP contribution < -0.4 is 5.32 Å². The van der Waals surface area contributed by atoms with Crippen LogP contribution in [-0.4, -0.2) is 142 Å². The largest absolute Gasteiger partial charge is 0.480 e. The lowest BCUT2D eigenvalue weighted by molar-refractivity contribution is -0.140. The number of nitrogens with zero attached hydrogens (tertiary/aromatic N) is 5. The standard InChI is InChI=1S/C30H38N6O7/c37-27(31-17-26-24-7-2-1-5-22(24)23-6-3-4-8-25(23)32-26)18-33-9-11-34(19-28(38)39)13-15-36(21-30(42)43)16-14-35(12-10-33)20-29(40)41/h1-8H,9-21H2,(H,31,37)(H,38,39)(H,40,41)(H,42,43). The molecule has 230 valence electrons. The Bertz CT molecular complexity index is 1420. The van der Waals surface area contributed by atoms with Crippen molar-refractivity contribution in [2.45, 2.75) is 6.54 Å². The second-order valence-electron chi connectivity index (χ2n) is 10.7. The minimum absolute atomic E-state index is 0.0402. The summed E-state index contributed by atoms with van der Waals surface area (Å²) in [4.78, 5) is 59.4. The number of carboxylic acids is 3. The van der Waals surface area contributed by atoms with Crippen molar-refractivity contribution in [2.75, 3.05) is 78.5 Å². The Morgan fingerprint density at radius 2 is 0.977 bits per heavy atom. The molecule has 2 heterocycles. The van der Waals surface area contributed by atoms with Crippen LogP contribution in [0, 0.1) is 0 Å². The highest BCUT2D eigenvalue weighted by molar-refractivity contribution is 6.06. The van der Waals surface area contributed by atoms with Crippen molar-refractivity contribution < 1.29 is 34.5 Å². The van der Waals surface area contributed by atoms with Gasteiger partial charge in [-0.15, -0.1) is 0 Å². The maximum Gasteiger partial charge on any atom is 0.317 e. The highest BCUT2D eigenvalue weighted by Crippen LogP contribution is 2.26. The van der Waals surface area contributed by atoms with Gasteiger partial charge in [-0.2, -0.15) is 0 Å². The van der Waals surface area contributed by atoms with E-state index < -0.39 is 17.9 Å². The van der Waals surface area contributed by atoms with E-state index in [1.165, 1.54) is 0 Å². The molecule has 0 radical (unpaired) electrons. The van der Waals surface area contributed by atoms with Gasteiger partial charge >= 0.3 is 17.9 Å². The minimum Gasteiger partial charge on any atom is -0.480 e. The van der Waals surface area contributed by atoms with Crippen molar-refractivity contribution in [3.63, 3.8) is 0 Å². The summed E-state index contributed by atoms with van der Waals surface area (Å²) in [6.07, 6.45) is 0. The molecule has 3 aromatic rings. The number of carbonyl (C=O) groups is 4. The number of hydrogen-bond acceptors (Lipinski definition) is 9. The van der Waals surface area contributed by atoms with Gasteiger partial charge in [-0.05, 0) is 11.5 Å². The van der Waals surface area contributed by atoms with Gasteiger partial charge in [-0.1, -0.05) is 42.5 Å². The normalized spacial score (nSPS) is 16.8. The molecule has 0 saturated carbocycles. The van der Waals surface area contributed by atoms with Gasteiger partial charge < -0.3 is 20.6 Å². The first-order valence-corrected chi connectivity index (χ1v) is 14.3. The number of hydrogen-bond donors (Lipinski definition) is 4. The van der Waals surface area contributed by atoms with E-state index in [4.69, 9.17) is 4.98 Å². The van der Waals surface area contributed by atoms with Crippen LogP contribution in [0.5, 0.6) is 0 Å². The second kappa shape index (κ2) is 15.3. The smallest absolute Gasteiger partial charge is 0.317 e. The van der Waals surface area contributed by atoms with Crippen molar-refractivity contribution in [1.82, 2.24) is 29.9 Å². The third-order valence-electron chi connectivity index (χ3n) is 7.51. The van der Waals surface area contributed by atoms with Gasteiger partial charge in [0.15, 0.2) is 0 Å². The predicted molar refractivity (Wildman–Crippen MR) is 160 cm³/mol. The summed E-state index contributed by atoms with van der Waals surface area (Å²) in [7, 11) is 0. The van der Waals surface area contributed by atoms with Crippen LogP contribution in [-0.2, 0) is 25.7 Å². The number of carboxylic acid groups (broad SMARTS) is 3. The maximum atomic E-state index is 13.2. The first kappa shape index (κ1) is 31.8. The number of rotatable bonds is 10. The molecule has 4 rings (SSSR count). The average Bonchev–Trinajstić information content (AvgIpc) is 2.96. The van der Waals surface area contributed by atoms with E-state index in [1.807, 2.05) is 53.4 Å². The molecular formula is C30H38N6O7. The first-order chi connectivity index (χ1) is 20.7. The van der Waals surface area contributed by atoms with Gasteiger partial charge in [0.05, 0.1) is 43.9 Å². The Kier molecular flexibility index (Phi) is 11.3. The van der Waals surface area contributed by atoms with Crippen LogP contribution in [0.2, 0.25) is 0 Å². The van der Waals surface area contributed by atoms with E-state index in [-0.39, 0.29) is 38.6 Å². The van der Waals surface area contributed by atoms with Gasteiger partial charge in [0.1, 0.15) is 0 Å². The molecule has 0 aliphatic carbocycles. The molecule has 13 heteroatoms. The lowest BCUT2D eigenvalue weighted by Crippen LogP contribution is -2.49. The molecule has 1 amide bonds. The van der Waals surface area contributed by atoms with E-state index in [1.54, 1.807) is 14.7 Å². The second-order valence-corrected chi connectivity index (χ2v) is 10.7. The quantitative estimate of drug-likeness (QED) is 0.240. The van der Waals surface area contributed by atoms with E-state index >= 15 is 0 Å². The molecule has 1 saturated heterocycles. The monoisotopic (exact) mass is 594 g/mol. The fourth-order valence-electron chi connectivity index (χ4n) is 5.34. The van der Waals surface area contributed by atoms with Crippen LogP contribution in [0.15, 0.2) is 48.5 Å². The van der Waals surface area contributed by atoms with Gasteiger partial charge in [-0.25, -0.2) is 0 Å². The molecule has 2 aromatic carbocycles. The molecule has 4 N–H and O–H groups in total. The molecule has 0 unspecified atom stereocenters. The molecule has 43 heavy (non-hydrogen) atoms. The topological polar surface area (TPSA) is 167 Å². The van der Waals surface area contributed by atoms with E-state index in [0.717, 1.165) is 27.4 Å². The lowest BCUT2D eigenvalue weighted by Gasteiger charge is -2.32. The van der Waals surface area contributed by atoms with E-state index in [0.29, 0.717) is 52.4 Å². The SMILES string of the molecule is O=C(O)CN1CCN(CC(=O)O)CCN(CC(=O)NCc2nc3ccccc3c3ccccc23)CCN(CC(=O)O)CC1. The minimum atomic E-state index is -1.01. The molecule has 0 atom stereocenters. The van der Waals surface area contributed by atoms with Gasteiger partial charge in [0.2, 0.25) is 5.91 Å². The molecule has 0 spiro atoms. The summed E-state index contributed by atoms with van der Waals surface area (Å²) in [6, 6.07) is 15.8. The molecule has 1 aliphatic heterocycles. The number of amides is 1. The fraction of sp³-hybridized carbons (Fsp3) is 0.433. The summed E-state index contributed by atoms with van der Waals surface area (Å²) in [6.45, 7) is 2.31. The van der Waals surface area contributed by atoms with Crippen molar-refractivity contribution >= 4 is 45.5 Å². The lowest BCUT2D eigenvalue weighted by atomic mass is 10.0. The molecule has 0 bridgehead atoms. The molecule has 1 fully saturated rings. The summed E-state index contributed by atoms with van der Waals surface area (Å²) in [5.41, 5.74) is 1.59. The Morgan fingerprint density at radius 1 is 0.581 bits per heavy atom. The highest BCUT2D eigenvalue weighted by Gasteiger charge is 2.21. The predicted octanol–water partition coefficient (Wildman–Crippen LogP) is 0.480.